The van der Waals surface area contributed by atoms with Gasteiger partial charge in [-0.2, -0.15) is 0 Å². The molecular formula is C46H38N4. The van der Waals surface area contributed by atoms with Crippen molar-refractivity contribution in [2.45, 2.75) is 39.5 Å². The number of nitrogens with zero attached hydrogens (tertiary/aromatic N) is 4. The maximum absolute atomic E-state index is 5.31. The Morgan fingerprint density at radius 2 is 0.860 bits per heavy atom. The van der Waals surface area contributed by atoms with Crippen molar-refractivity contribution in [3.63, 3.8) is 0 Å². The van der Waals surface area contributed by atoms with E-state index in [1.807, 2.05) is 12.1 Å². The molecule has 0 aliphatic heterocycles. The first-order chi connectivity index (χ1) is 24.7. The summed E-state index contributed by atoms with van der Waals surface area (Å²) in [5, 5.41) is 4.92. The quantitative estimate of drug-likeness (QED) is 0.165. The van der Waals surface area contributed by atoms with Crippen LogP contribution >= 0.6 is 0 Å². The van der Waals surface area contributed by atoms with Crippen LogP contribution in [0.5, 0.6) is 0 Å². The molecule has 4 nitrogen and oxygen atoms in total. The van der Waals surface area contributed by atoms with Gasteiger partial charge in [-0.25, -0.2) is 9.97 Å². The number of aromatic nitrogens is 4. The topological polar surface area (TPSA) is 35.6 Å². The molecule has 0 N–H and O–H groups in total. The number of aryl methyl sites for hydroxylation is 2. The number of fused-ring (bicyclic) bond motifs is 6. The summed E-state index contributed by atoms with van der Waals surface area (Å²) in [6.45, 7) is 4.50. The minimum atomic E-state index is 0.672. The van der Waals surface area contributed by atoms with E-state index in [4.69, 9.17) is 9.97 Å². The average molecular weight is 647 g/mol. The SMILES string of the molecule is CCCc1ccc2c(c1)c1cc3c(cc1n2-c1ccccc1)c1cc(CCC)ccc1n3-c1nc(-c2ccccc2)cc(-c2ccccc2)n1. The summed E-state index contributed by atoms with van der Waals surface area (Å²) in [6, 6.07) is 52.5. The Bertz CT molecular complexity index is 2590. The van der Waals surface area contributed by atoms with Gasteiger partial charge in [0, 0.05) is 38.4 Å². The Morgan fingerprint density at radius 3 is 1.36 bits per heavy atom. The molecule has 3 heterocycles. The first-order valence-corrected chi connectivity index (χ1v) is 17.8. The van der Waals surface area contributed by atoms with E-state index in [0.29, 0.717) is 5.95 Å². The number of hydrogen-bond acceptors (Lipinski definition) is 2. The number of hydrogen-bond donors (Lipinski definition) is 0. The Balaban J connectivity index is 1.41. The smallest absolute Gasteiger partial charge is 0.235 e. The highest BCUT2D eigenvalue weighted by Crippen LogP contribution is 2.40. The third-order valence-corrected chi connectivity index (χ3v) is 9.93. The van der Waals surface area contributed by atoms with Crippen molar-refractivity contribution in [2.24, 2.45) is 0 Å². The van der Waals surface area contributed by atoms with Gasteiger partial charge in [-0.05, 0) is 78.6 Å². The first-order valence-electron chi connectivity index (χ1n) is 17.8. The monoisotopic (exact) mass is 646 g/mol. The second-order valence-corrected chi connectivity index (χ2v) is 13.3. The van der Waals surface area contributed by atoms with Crippen LogP contribution in [0.15, 0.2) is 146 Å². The van der Waals surface area contributed by atoms with Gasteiger partial charge in [0.25, 0.3) is 0 Å². The van der Waals surface area contributed by atoms with E-state index in [1.165, 1.54) is 43.7 Å². The maximum atomic E-state index is 5.31. The molecular weight excluding hydrogens is 609 g/mol. The van der Waals surface area contributed by atoms with Crippen LogP contribution in [0.2, 0.25) is 0 Å². The molecule has 0 atom stereocenters. The van der Waals surface area contributed by atoms with Gasteiger partial charge in [-0.15, -0.1) is 0 Å². The van der Waals surface area contributed by atoms with Crippen molar-refractivity contribution >= 4 is 43.6 Å². The van der Waals surface area contributed by atoms with Crippen LogP contribution < -0.4 is 0 Å². The Hall–Kier alpha value is -6.00. The summed E-state index contributed by atoms with van der Waals surface area (Å²) in [5.74, 6) is 0.672. The highest BCUT2D eigenvalue weighted by atomic mass is 15.2. The third-order valence-electron chi connectivity index (χ3n) is 9.93. The fourth-order valence-corrected chi connectivity index (χ4v) is 7.63. The van der Waals surface area contributed by atoms with Crippen molar-refractivity contribution in [3.05, 3.63) is 157 Å². The minimum absolute atomic E-state index is 0.672. The summed E-state index contributed by atoms with van der Waals surface area (Å²) in [4.78, 5) is 10.6. The van der Waals surface area contributed by atoms with Gasteiger partial charge < -0.3 is 4.57 Å². The summed E-state index contributed by atoms with van der Waals surface area (Å²) in [6.07, 6.45) is 4.30. The Kier molecular flexibility index (Phi) is 7.50. The van der Waals surface area contributed by atoms with Crippen molar-refractivity contribution in [1.82, 2.24) is 19.1 Å². The number of rotatable bonds is 8. The van der Waals surface area contributed by atoms with Crippen LogP contribution in [0.4, 0.5) is 0 Å². The van der Waals surface area contributed by atoms with Gasteiger partial charge in [0.05, 0.1) is 33.5 Å². The van der Waals surface area contributed by atoms with E-state index in [9.17, 15) is 0 Å². The zero-order chi connectivity index (χ0) is 33.6. The van der Waals surface area contributed by atoms with Crippen LogP contribution in [-0.4, -0.2) is 19.1 Å². The van der Waals surface area contributed by atoms with Crippen LogP contribution in [-0.2, 0) is 12.8 Å². The lowest BCUT2D eigenvalue weighted by Gasteiger charge is -2.12. The minimum Gasteiger partial charge on any atom is -0.309 e. The Labute approximate surface area is 292 Å². The molecule has 3 aromatic heterocycles. The van der Waals surface area contributed by atoms with Crippen molar-refractivity contribution in [2.75, 3.05) is 0 Å². The third kappa shape index (κ3) is 5.07. The molecule has 50 heavy (non-hydrogen) atoms. The van der Waals surface area contributed by atoms with Crippen LogP contribution in [0.1, 0.15) is 37.8 Å². The van der Waals surface area contributed by atoms with Gasteiger partial charge in [0.15, 0.2) is 0 Å². The second kappa shape index (κ2) is 12.5. The fraction of sp³-hybridized carbons (Fsp3) is 0.130. The molecule has 242 valence electrons. The molecule has 6 aromatic carbocycles. The van der Waals surface area contributed by atoms with Crippen LogP contribution in [0.3, 0.4) is 0 Å². The average Bonchev–Trinajstić information content (AvgIpc) is 3.66. The Morgan fingerprint density at radius 1 is 0.420 bits per heavy atom. The van der Waals surface area contributed by atoms with Gasteiger partial charge in [0.2, 0.25) is 5.95 Å². The number of benzene rings is 6. The molecule has 4 heteroatoms. The second-order valence-electron chi connectivity index (χ2n) is 13.3. The summed E-state index contributed by atoms with van der Waals surface area (Å²) >= 11 is 0. The van der Waals surface area contributed by atoms with Gasteiger partial charge >= 0.3 is 0 Å². The predicted molar refractivity (Wildman–Crippen MR) is 210 cm³/mol. The van der Waals surface area contributed by atoms with Crippen molar-refractivity contribution in [1.29, 1.82) is 0 Å². The molecule has 0 aliphatic carbocycles. The zero-order valence-electron chi connectivity index (χ0n) is 28.5. The standard InChI is InChI=1S/C46H38N4/c1-3-14-31-22-24-42-36(26-31)38-29-45-39(28-44(38)49(42)35-20-12-7-13-21-35)37-27-32(15-4-2)23-25-43(37)50(45)46-47-40(33-16-8-5-9-17-33)30-41(48-46)34-18-10-6-11-19-34/h5-13,16-30H,3-4,14-15H2,1-2H3. The predicted octanol–water partition coefficient (Wildman–Crippen LogP) is 11.9. The molecule has 0 spiro atoms. The van der Waals surface area contributed by atoms with Crippen LogP contribution in [0.25, 0.3) is 77.8 Å². The summed E-state index contributed by atoms with van der Waals surface area (Å²) < 4.78 is 4.72. The van der Waals surface area contributed by atoms with Crippen molar-refractivity contribution in [3.8, 4) is 34.2 Å². The molecule has 0 radical (unpaired) electrons. The summed E-state index contributed by atoms with van der Waals surface area (Å²) in [5.41, 5.74) is 12.4. The van der Waals surface area contributed by atoms with Crippen LogP contribution in [0, 0.1) is 0 Å². The van der Waals surface area contributed by atoms with Gasteiger partial charge in [-0.1, -0.05) is 118 Å². The zero-order valence-corrected chi connectivity index (χ0v) is 28.5. The highest BCUT2D eigenvalue weighted by Gasteiger charge is 2.21. The molecule has 0 amide bonds. The van der Waals surface area contributed by atoms with E-state index in [1.54, 1.807) is 0 Å². The summed E-state index contributed by atoms with van der Waals surface area (Å²) in [7, 11) is 0. The van der Waals surface area contributed by atoms with E-state index in [0.717, 1.165) is 64.9 Å². The van der Waals surface area contributed by atoms with E-state index >= 15 is 0 Å². The molecule has 9 rings (SSSR count). The lowest BCUT2D eigenvalue weighted by atomic mass is 10.0. The molecule has 0 bridgehead atoms. The van der Waals surface area contributed by atoms with Gasteiger partial charge in [-0.3, -0.25) is 4.57 Å². The molecule has 0 saturated heterocycles. The van der Waals surface area contributed by atoms with E-state index in [2.05, 4.69) is 156 Å². The highest BCUT2D eigenvalue weighted by molar-refractivity contribution is 6.19. The molecule has 0 saturated carbocycles. The van der Waals surface area contributed by atoms with Crippen molar-refractivity contribution < 1.29 is 0 Å². The number of para-hydroxylation sites is 1. The largest absolute Gasteiger partial charge is 0.309 e. The molecule has 0 unspecified atom stereocenters. The van der Waals surface area contributed by atoms with Gasteiger partial charge in [0.1, 0.15) is 0 Å². The molecule has 0 aliphatic rings. The molecule has 9 aromatic rings. The maximum Gasteiger partial charge on any atom is 0.235 e. The fourth-order valence-electron chi connectivity index (χ4n) is 7.63. The van der Waals surface area contributed by atoms with E-state index in [-0.39, 0.29) is 0 Å². The normalized spacial score (nSPS) is 11.7. The lowest BCUT2D eigenvalue weighted by molar-refractivity contribution is 0.923. The van der Waals surface area contributed by atoms with E-state index < -0.39 is 0 Å². The molecule has 0 fully saturated rings. The lowest BCUT2D eigenvalue weighted by Crippen LogP contribution is -2.04. The first kappa shape index (κ1) is 30.1.